The van der Waals surface area contributed by atoms with E-state index in [1.54, 1.807) is 7.11 Å². The molecule has 1 N–H and O–H groups in total. The van der Waals surface area contributed by atoms with E-state index in [1.807, 2.05) is 18.2 Å². The molecule has 0 aliphatic carbocycles. The molecule has 1 aromatic carbocycles. The first-order valence-corrected chi connectivity index (χ1v) is 7.97. The lowest BCUT2D eigenvalue weighted by atomic mass is 10.1. The van der Waals surface area contributed by atoms with Gasteiger partial charge in [-0.25, -0.2) is 4.79 Å². The van der Waals surface area contributed by atoms with Gasteiger partial charge < -0.3 is 19.3 Å². The Balaban J connectivity index is 2.09. The van der Waals surface area contributed by atoms with Gasteiger partial charge in [-0.1, -0.05) is 19.4 Å². The second-order valence-corrected chi connectivity index (χ2v) is 5.66. The maximum Gasteiger partial charge on any atom is 0.341 e. The molecule has 1 atom stereocenters. The fourth-order valence-corrected chi connectivity index (χ4v) is 2.80. The molecular weight excluding hydrogens is 298 g/mol. The number of hydrogen-bond acceptors (Lipinski definition) is 5. The molecule has 6 heteroatoms. The van der Waals surface area contributed by atoms with E-state index in [0.29, 0.717) is 17.5 Å². The van der Waals surface area contributed by atoms with Crippen LogP contribution in [0, 0.1) is 0 Å². The summed E-state index contributed by atoms with van der Waals surface area (Å²) in [7, 11) is 1.54. The van der Waals surface area contributed by atoms with Gasteiger partial charge in [0.1, 0.15) is 0 Å². The van der Waals surface area contributed by atoms with E-state index in [2.05, 4.69) is 11.8 Å². The number of aliphatic carboxylic acids is 1. The maximum atomic E-state index is 10.7. The molecule has 2 rings (SSSR count). The Bertz CT molecular complexity index is 518. The molecule has 0 spiro atoms. The average Bonchev–Trinajstić information content (AvgIpc) is 2.55. The number of carboxylic acid groups (broad SMARTS) is 1. The Kier molecular flexibility index (Phi) is 6.67. The second kappa shape index (κ2) is 8.74. The zero-order valence-electron chi connectivity index (χ0n) is 13.8. The van der Waals surface area contributed by atoms with Gasteiger partial charge in [0.25, 0.3) is 0 Å². The SMILES string of the molecule is CCC[C@H]1COCCN1Cc1ccc(OC)c(OCC(=O)O)c1. The van der Waals surface area contributed by atoms with Crippen LogP contribution in [0.25, 0.3) is 0 Å². The minimum absolute atomic E-state index is 0.379. The Morgan fingerprint density at radius 1 is 1.43 bits per heavy atom. The molecule has 23 heavy (non-hydrogen) atoms. The summed E-state index contributed by atoms with van der Waals surface area (Å²) in [4.78, 5) is 13.1. The van der Waals surface area contributed by atoms with Crippen molar-refractivity contribution in [1.82, 2.24) is 4.90 Å². The van der Waals surface area contributed by atoms with Crippen LogP contribution in [0.3, 0.4) is 0 Å². The third-order valence-electron chi connectivity index (χ3n) is 3.94. The zero-order chi connectivity index (χ0) is 16.7. The Labute approximate surface area is 136 Å². The number of rotatable bonds is 8. The molecule has 0 radical (unpaired) electrons. The smallest absolute Gasteiger partial charge is 0.341 e. The van der Waals surface area contributed by atoms with Crippen LogP contribution >= 0.6 is 0 Å². The molecule has 0 bridgehead atoms. The van der Waals surface area contributed by atoms with Crippen molar-refractivity contribution in [3.05, 3.63) is 23.8 Å². The molecule has 1 heterocycles. The van der Waals surface area contributed by atoms with Crippen molar-refractivity contribution in [3.8, 4) is 11.5 Å². The topological polar surface area (TPSA) is 68.2 Å². The molecule has 6 nitrogen and oxygen atoms in total. The molecular formula is C17H25NO5. The molecule has 1 fully saturated rings. The standard InChI is InChI=1S/C17H25NO5/c1-3-4-14-11-22-8-7-18(14)10-13-5-6-15(21-2)16(9-13)23-12-17(19)20/h5-6,9,14H,3-4,7-8,10-12H2,1-2H3,(H,19,20)/t14-/m0/s1. The van der Waals surface area contributed by atoms with Crippen LogP contribution in [0.1, 0.15) is 25.3 Å². The van der Waals surface area contributed by atoms with Crippen LogP contribution in [-0.4, -0.2) is 55.5 Å². The van der Waals surface area contributed by atoms with Crippen LogP contribution in [0.4, 0.5) is 0 Å². The van der Waals surface area contributed by atoms with Crippen LogP contribution in [0.15, 0.2) is 18.2 Å². The highest BCUT2D eigenvalue weighted by Crippen LogP contribution is 2.29. The first kappa shape index (κ1) is 17.6. The minimum Gasteiger partial charge on any atom is -0.493 e. The summed E-state index contributed by atoms with van der Waals surface area (Å²) >= 11 is 0. The maximum absolute atomic E-state index is 10.7. The van der Waals surface area contributed by atoms with Crippen molar-refractivity contribution in [2.45, 2.75) is 32.4 Å². The fraction of sp³-hybridized carbons (Fsp3) is 0.588. The highest BCUT2D eigenvalue weighted by atomic mass is 16.5. The fourth-order valence-electron chi connectivity index (χ4n) is 2.80. The third-order valence-corrected chi connectivity index (χ3v) is 3.94. The van der Waals surface area contributed by atoms with Gasteiger partial charge in [0.2, 0.25) is 0 Å². The van der Waals surface area contributed by atoms with Crippen molar-refractivity contribution in [1.29, 1.82) is 0 Å². The summed E-state index contributed by atoms with van der Waals surface area (Å²) in [6.45, 7) is 5.02. The van der Waals surface area contributed by atoms with Crippen molar-refractivity contribution in [2.24, 2.45) is 0 Å². The zero-order valence-corrected chi connectivity index (χ0v) is 13.8. The summed E-state index contributed by atoms with van der Waals surface area (Å²) in [6, 6.07) is 6.10. The van der Waals surface area contributed by atoms with E-state index in [0.717, 1.165) is 44.7 Å². The van der Waals surface area contributed by atoms with E-state index in [4.69, 9.17) is 19.3 Å². The summed E-state index contributed by atoms with van der Waals surface area (Å²) in [5, 5.41) is 8.77. The number of hydrogen-bond donors (Lipinski definition) is 1. The molecule has 0 aromatic heterocycles. The Morgan fingerprint density at radius 3 is 2.96 bits per heavy atom. The highest BCUT2D eigenvalue weighted by molar-refractivity contribution is 5.68. The van der Waals surface area contributed by atoms with E-state index >= 15 is 0 Å². The predicted molar refractivity (Wildman–Crippen MR) is 86.0 cm³/mol. The summed E-state index contributed by atoms with van der Waals surface area (Å²) in [5.41, 5.74) is 1.08. The Morgan fingerprint density at radius 2 is 2.26 bits per heavy atom. The summed E-state index contributed by atoms with van der Waals surface area (Å²) in [5.74, 6) is 0.00318. The van der Waals surface area contributed by atoms with Crippen molar-refractivity contribution in [3.63, 3.8) is 0 Å². The number of benzene rings is 1. The largest absolute Gasteiger partial charge is 0.493 e. The molecule has 0 unspecified atom stereocenters. The highest BCUT2D eigenvalue weighted by Gasteiger charge is 2.22. The Hall–Kier alpha value is -1.79. The minimum atomic E-state index is -1.01. The van der Waals surface area contributed by atoms with Gasteiger partial charge in [-0.3, -0.25) is 4.90 Å². The predicted octanol–water partition coefficient (Wildman–Crippen LogP) is 2.16. The van der Waals surface area contributed by atoms with Crippen LogP contribution in [0.2, 0.25) is 0 Å². The van der Waals surface area contributed by atoms with E-state index in [-0.39, 0.29) is 6.61 Å². The van der Waals surface area contributed by atoms with Crippen molar-refractivity contribution >= 4 is 5.97 Å². The second-order valence-electron chi connectivity index (χ2n) is 5.66. The van der Waals surface area contributed by atoms with Crippen LogP contribution in [-0.2, 0) is 16.1 Å². The van der Waals surface area contributed by atoms with Crippen molar-refractivity contribution < 1.29 is 24.1 Å². The van der Waals surface area contributed by atoms with Gasteiger partial charge in [0.05, 0.1) is 20.3 Å². The first-order chi connectivity index (χ1) is 11.1. The lowest BCUT2D eigenvalue weighted by Crippen LogP contribution is -2.44. The van der Waals surface area contributed by atoms with E-state index < -0.39 is 5.97 Å². The number of morpholine rings is 1. The molecule has 0 amide bonds. The monoisotopic (exact) mass is 323 g/mol. The quantitative estimate of drug-likeness (QED) is 0.791. The number of carbonyl (C=O) groups is 1. The van der Waals surface area contributed by atoms with Gasteiger partial charge in [-0.15, -0.1) is 0 Å². The summed E-state index contributed by atoms with van der Waals surface area (Å²) < 4.78 is 16.1. The molecule has 0 saturated carbocycles. The van der Waals surface area contributed by atoms with Gasteiger partial charge in [-0.2, -0.15) is 0 Å². The normalized spacial score (nSPS) is 18.6. The number of methoxy groups -OCH3 is 1. The van der Waals surface area contributed by atoms with Gasteiger partial charge in [0, 0.05) is 19.1 Å². The molecule has 1 saturated heterocycles. The molecule has 1 aromatic rings. The van der Waals surface area contributed by atoms with Crippen LogP contribution in [0.5, 0.6) is 11.5 Å². The lowest BCUT2D eigenvalue weighted by molar-refractivity contribution is -0.139. The third kappa shape index (κ3) is 5.11. The lowest BCUT2D eigenvalue weighted by Gasteiger charge is -2.35. The van der Waals surface area contributed by atoms with Gasteiger partial charge in [0.15, 0.2) is 18.1 Å². The number of ether oxygens (including phenoxy) is 3. The average molecular weight is 323 g/mol. The molecule has 128 valence electrons. The number of carboxylic acids is 1. The van der Waals surface area contributed by atoms with E-state index in [9.17, 15) is 4.79 Å². The van der Waals surface area contributed by atoms with Gasteiger partial charge >= 0.3 is 5.97 Å². The summed E-state index contributed by atoms with van der Waals surface area (Å²) in [6.07, 6.45) is 2.23. The molecule has 1 aliphatic heterocycles. The van der Waals surface area contributed by atoms with E-state index in [1.165, 1.54) is 0 Å². The van der Waals surface area contributed by atoms with Gasteiger partial charge in [-0.05, 0) is 24.1 Å². The van der Waals surface area contributed by atoms with Crippen LogP contribution < -0.4 is 9.47 Å². The first-order valence-electron chi connectivity index (χ1n) is 7.97. The molecule has 1 aliphatic rings. The number of nitrogens with zero attached hydrogens (tertiary/aromatic N) is 1. The van der Waals surface area contributed by atoms with Crippen molar-refractivity contribution in [2.75, 3.05) is 33.5 Å².